The van der Waals surface area contributed by atoms with Crippen LogP contribution in [0, 0.1) is 5.82 Å². The van der Waals surface area contributed by atoms with Crippen molar-refractivity contribution >= 4 is 24.0 Å². The fourth-order valence-corrected chi connectivity index (χ4v) is 3.02. The lowest BCUT2D eigenvalue weighted by Crippen LogP contribution is -2.45. The Labute approximate surface area is 141 Å². The highest BCUT2D eigenvalue weighted by Gasteiger charge is 2.38. The lowest BCUT2D eigenvalue weighted by atomic mass is 9.64. The highest BCUT2D eigenvalue weighted by atomic mass is 35.5. The van der Waals surface area contributed by atoms with E-state index in [2.05, 4.69) is 5.32 Å². The fourth-order valence-electron chi connectivity index (χ4n) is 3.02. The number of para-hydroxylation sites is 1. The zero-order valence-corrected chi connectivity index (χ0v) is 13.5. The van der Waals surface area contributed by atoms with Crippen molar-refractivity contribution in [1.29, 1.82) is 0 Å². The lowest BCUT2D eigenvalue weighted by Gasteiger charge is -2.42. The summed E-state index contributed by atoms with van der Waals surface area (Å²) in [6.07, 6.45) is 3.13. The van der Waals surface area contributed by atoms with E-state index in [0.29, 0.717) is 17.8 Å². The Bertz CT molecular complexity index is 684. The molecule has 0 saturated heterocycles. The van der Waals surface area contributed by atoms with Crippen molar-refractivity contribution in [2.24, 2.45) is 0 Å². The molecule has 0 aromatic heterocycles. The van der Waals surface area contributed by atoms with Crippen molar-refractivity contribution in [2.75, 3.05) is 12.3 Å². The molecule has 2 aromatic carbocycles. The van der Waals surface area contributed by atoms with Gasteiger partial charge in [0.15, 0.2) is 0 Å². The Kier molecular flexibility index (Phi) is 5.26. The fraction of sp³-hybridized carbons (Fsp3) is 0.278. The van der Waals surface area contributed by atoms with Gasteiger partial charge in [0.1, 0.15) is 5.82 Å². The summed E-state index contributed by atoms with van der Waals surface area (Å²) < 4.78 is 13.1. The molecule has 1 fully saturated rings. The smallest absolute Gasteiger partial charge is 0.253 e. The molecule has 3 rings (SSSR count). The van der Waals surface area contributed by atoms with E-state index in [1.807, 2.05) is 12.1 Å². The third kappa shape index (κ3) is 3.48. The molecule has 0 bridgehead atoms. The molecule has 3 nitrogen and oxygen atoms in total. The number of carbonyl (C=O) groups is 1. The number of carbonyl (C=O) groups excluding carboxylic acids is 1. The minimum Gasteiger partial charge on any atom is -0.398 e. The average molecular weight is 335 g/mol. The van der Waals surface area contributed by atoms with E-state index < -0.39 is 0 Å². The van der Waals surface area contributed by atoms with Crippen LogP contribution >= 0.6 is 12.4 Å². The molecule has 0 aliphatic heterocycles. The lowest BCUT2D eigenvalue weighted by molar-refractivity contribution is 0.0928. The molecule has 23 heavy (non-hydrogen) atoms. The van der Waals surface area contributed by atoms with Gasteiger partial charge in [-0.3, -0.25) is 4.79 Å². The van der Waals surface area contributed by atoms with E-state index in [9.17, 15) is 9.18 Å². The summed E-state index contributed by atoms with van der Waals surface area (Å²) in [5.74, 6) is -0.397. The third-order valence-electron chi connectivity index (χ3n) is 4.56. The number of nitrogens with one attached hydrogen (secondary N) is 1. The molecule has 2 aromatic rings. The van der Waals surface area contributed by atoms with Gasteiger partial charge in [-0.1, -0.05) is 30.7 Å². The van der Waals surface area contributed by atoms with Crippen LogP contribution in [-0.2, 0) is 5.41 Å². The average Bonchev–Trinajstić information content (AvgIpc) is 2.48. The second-order valence-corrected chi connectivity index (χ2v) is 5.91. The normalized spacial score (nSPS) is 15.2. The maximum atomic E-state index is 13.1. The second-order valence-electron chi connectivity index (χ2n) is 5.91. The summed E-state index contributed by atoms with van der Waals surface area (Å²) in [7, 11) is 0. The Balaban J connectivity index is 0.00000192. The van der Waals surface area contributed by atoms with Crippen LogP contribution in [0.4, 0.5) is 10.1 Å². The van der Waals surface area contributed by atoms with Crippen molar-refractivity contribution < 1.29 is 9.18 Å². The SMILES string of the molecule is Cl.Nc1ccccc1C(=O)NCC1(c2ccc(F)cc2)CCC1. The van der Waals surface area contributed by atoms with Crippen LogP contribution < -0.4 is 11.1 Å². The topological polar surface area (TPSA) is 55.1 Å². The first-order chi connectivity index (χ1) is 10.6. The summed E-state index contributed by atoms with van der Waals surface area (Å²) in [4.78, 5) is 12.3. The van der Waals surface area contributed by atoms with E-state index in [1.54, 1.807) is 24.3 Å². The number of nitrogens with two attached hydrogens (primary N) is 1. The number of halogens is 2. The molecular weight excluding hydrogens is 315 g/mol. The monoisotopic (exact) mass is 334 g/mol. The number of nitrogen functional groups attached to an aromatic ring is 1. The first-order valence-electron chi connectivity index (χ1n) is 7.49. The van der Waals surface area contributed by atoms with Gasteiger partial charge in [0.05, 0.1) is 5.56 Å². The Morgan fingerprint density at radius 1 is 1.13 bits per heavy atom. The molecule has 0 radical (unpaired) electrons. The van der Waals surface area contributed by atoms with Gasteiger partial charge in [0, 0.05) is 17.6 Å². The molecule has 1 saturated carbocycles. The summed E-state index contributed by atoms with van der Waals surface area (Å²) in [5.41, 5.74) is 7.81. The molecule has 122 valence electrons. The number of hydrogen-bond acceptors (Lipinski definition) is 2. The van der Waals surface area contributed by atoms with Gasteiger partial charge in [-0.2, -0.15) is 0 Å². The molecular formula is C18H20ClFN2O. The second kappa shape index (κ2) is 7.01. The van der Waals surface area contributed by atoms with Crippen molar-refractivity contribution in [1.82, 2.24) is 5.32 Å². The van der Waals surface area contributed by atoms with Gasteiger partial charge in [-0.25, -0.2) is 4.39 Å². The maximum absolute atomic E-state index is 13.1. The van der Waals surface area contributed by atoms with Gasteiger partial charge < -0.3 is 11.1 Å². The molecule has 0 atom stereocenters. The molecule has 0 spiro atoms. The first kappa shape index (κ1) is 17.3. The van der Waals surface area contributed by atoms with Crippen molar-refractivity contribution in [3.8, 4) is 0 Å². The van der Waals surface area contributed by atoms with Crippen LogP contribution in [0.3, 0.4) is 0 Å². The maximum Gasteiger partial charge on any atom is 0.253 e. The van der Waals surface area contributed by atoms with Crippen LogP contribution in [0.25, 0.3) is 0 Å². The molecule has 0 heterocycles. The summed E-state index contributed by atoms with van der Waals surface area (Å²) in [6.45, 7) is 0.547. The van der Waals surface area contributed by atoms with Crippen LogP contribution in [0.5, 0.6) is 0 Å². The van der Waals surface area contributed by atoms with Gasteiger partial charge in [0.25, 0.3) is 5.91 Å². The zero-order valence-electron chi connectivity index (χ0n) is 12.7. The van der Waals surface area contributed by atoms with Crippen LogP contribution in [0.2, 0.25) is 0 Å². The summed E-state index contributed by atoms with van der Waals surface area (Å²) in [5, 5.41) is 2.98. The largest absolute Gasteiger partial charge is 0.398 e. The molecule has 1 amide bonds. The number of amides is 1. The Morgan fingerprint density at radius 3 is 2.35 bits per heavy atom. The van der Waals surface area contributed by atoms with Crippen LogP contribution in [-0.4, -0.2) is 12.5 Å². The van der Waals surface area contributed by atoms with Crippen LogP contribution in [0.1, 0.15) is 35.2 Å². The van der Waals surface area contributed by atoms with Gasteiger partial charge >= 0.3 is 0 Å². The van der Waals surface area contributed by atoms with E-state index in [4.69, 9.17) is 5.73 Å². The van der Waals surface area contributed by atoms with Gasteiger partial charge in [-0.05, 0) is 42.7 Å². The van der Waals surface area contributed by atoms with E-state index >= 15 is 0 Å². The summed E-state index contributed by atoms with van der Waals surface area (Å²) >= 11 is 0. The predicted molar refractivity (Wildman–Crippen MR) is 92.4 cm³/mol. The van der Waals surface area contributed by atoms with Crippen LogP contribution in [0.15, 0.2) is 48.5 Å². The first-order valence-corrected chi connectivity index (χ1v) is 7.49. The van der Waals surface area contributed by atoms with Crippen molar-refractivity contribution in [3.05, 3.63) is 65.5 Å². The highest BCUT2D eigenvalue weighted by molar-refractivity contribution is 5.99. The quantitative estimate of drug-likeness (QED) is 0.838. The van der Waals surface area contributed by atoms with Gasteiger partial charge in [0.2, 0.25) is 0 Å². The number of hydrogen-bond donors (Lipinski definition) is 2. The minimum absolute atomic E-state index is 0. The number of anilines is 1. The molecule has 1 aliphatic carbocycles. The standard InChI is InChI=1S/C18H19FN2O.ClH/c19-14-8-6-13(7-9-14)18(10-3-11-18)12-21-17(22)15-4-1-2-5-16(15)20;/h1-2,4-9H,3,10-12,20H2,(H,21,22);1H. The van der Waals surface area contributed by atoms with Crippen molar-refractivity contribution in [2.45, 2.75) is 24.7 Å². The van der Waals surface area contributed by atoms with E-state index in [0.717, 1.165) is 24.8 Å². The molecule has 0 unspecified atom stereocenters. The van der Waals surface area contributed by atoms with Crippen molar-refractivity contribution in [3.63, 3.8) is 0 Å². The predicted octanol–water partition coefficient (Wildman–Crippen LogP) is 3.68. The number of benzene rings is 2. The van der Waals surface area contributed by atoms with Gasteiger partial charge in [-0.15, -0.1) is 12.4 Å². The minimum atomic E-state index is -0.237. The van der Waals surface area contributed by atoms with E-state index in [-0.39, 0.29) is 29.5 Å². The Morgan fingerprint density at radius 2 is 1.78 bits per heavy atom. The molecule has 3 N–H and O–H groups in total. The van der Waals surface area contributed by atoms with E-state index in [1.165, 1.54) is 12.1 Å². The Hall–Kier alpha value is -2.07. The zero-order chi connectivity index (χ0) is 15.6. The highest BCUT2D eigenvalue weighted by Crippen LogP contribution is 2.43. The third-order valence-corrected chi connectivity index (χ3v) is 4.56. The summed E-state index contributed by atoms with van der Waals surface area (Å²) in [6, 6.07) is 13.6. The molecule has 1 aliphatic rings. The molecule has 5 heteroatoms. The number of rotatable bonds is 4.